The highest BCUT2D eigenvalue weighted by atomic mass is 16.7. The number of fused-ring (bicyclic) bond motifs is 1. The van der Waals surface area contributed by atoms with E-state index in [4.69, 9.17) is 9.47 Å². The van der Waals surface area contributed by atoms with Gasteiger partial charge in [-0.2, -0.15) is 0 Å². The van der Waals surface area contributed by atoms with Crippen molar-refractivity contribution in [1.82, 2.24) is 10.2 Å². The van der Waals surface area contributed by atoms with Crippen molar-refractivity contribution >= 4 is 5.91 Å². The van der Waals surface area contributed by atoms with Crippen LogP contribution in [0.1, 0.15) is 10.4 Å². The largest absolute Gasteiger partial charge is 0.454 e. The van der Waals surface area contributed by atoms with Crippen molar-refractivity contribution in [3.8, 4) is 11.5 Å². The minimum absolute atomic E-state index is 0.0230. The van der Waals surface area contributed by atoms with Crippen molar-refractivity contribution < 1.29 is 14.3 Å². The third-order valence-corrected chi connectivity index (χ3v) is 3.25. The molecule has 2 aliphatic heterocycles. The van der Waals surface area contributed by atoms with Crippen LogP contribution in [0.25, 0.3) is 0 Å². The fraction of sp³-hybridized carbons (Fsp3) is 0.417. The predicted molar refractivity (Wildman–Crippen MR) is 61.3 cm³/mol. The predicted octanol–water partition coefficient (Wildman–Crippen LogP) is 0.459. The lowest BCUT2D eigenvalue weighted by Gasteiger charge is -2.35. The van der Waals surface area contributed by atoms with Crippen LogP contribution in [0, 0.1) is 0 Å². The minimum atomic E-state index is 0.0230. The van der Waals surface area contributed by atoms with E-state index >= 15 is 0 Å². The second-order valence-corrected chi connectivity index (χ2v) is 4.30. The van der Waals surface area contributed by atoms with Crippen LogP contribution in [0.2, 0.25) is 0 Å². The summed E-state index contributed by atoms with van der Waals surface area (Å²) in [6.45, 7) is 1.97. The molecule has 0 aromatic heterocycles. The van der Waals surface area contributed by atoms with Crippen LogP contribution in [-0.2, 0) is 0 Å². The first kappa shape index (κ1) is 10.4. The summed E-state index contributed by atoms with van der Waals surface area (Å²) in [5.74, 6) is 1.38. The van der Waals surface area contributed by atoms with Gasteiger partial charge in [-0.05, 0) is 18.2 Å². The number of nitrogens with zero attached hydrogens (tertiary/aromatic N) is 1. The molecule has 0 bridgehead atoms. The smallest absolute Gasteiger partial charge is 0.254 e. The molecule has 0 saturated carbocycles. The third kappa shape index (κ3) is 1.72. The SMILES string of the molecule is CN(C(=O)c1ccc2c(c1)OCO2)C1CNC1. The molecule has 17 heavy (non-hydrogen) atoms. The fourth-order valence-electron chi connectivity index (χ4n) is 1.95. The summed E-state index contributed by atoms with van der Waals surface area (Å²) in [6.07, 6.45) is 0. The zero-order chi connectivity index (χ0) is 11.8. The molecule has 2 aliphatic rings. The Labute approximate surface area is 99.3 Å². The number of hydrogen-bond donors (Lipinski definition) is 1. The second kappa shape index (κ2) is 3.92. The van der Waals surface area contributed by atoms with E-state index in [9.17, 15) is 4.79 Å². The molecule has 5 heteroatoms. The first-order valence-corrected chi connectivity index (χ1v) is 5.63. The van der Waals surface area contributed by atoms with Crippen molar-refractivity contribution in [1.29, 1.82) is 0 Å². The molecule has 1 aromatic rings. The Kier molecular flexibility index (Phi) is 2.40. The Balaban J connectivity index is 1.81. The van der Waals surface area contributed by atoms with Gasteiger partial charge in [0, 0.05) is 25.7 Å². The van der Waals surface area contributed by atoms with Crippen LogP contribution in [0.3, 0.4) is 0 Å². The van der Waals surface area contributed by atoms with E-state index in [1.165, 1.54) is 0 Å². The number of nitrogens with one attached hydrogen (secondary N) is 1. The van der Waals surface area contributed by atoms with Gasteiger partial charge in [0.25, 0.3) is 5.91 Å². The second-order valence-electron chi connectivity index (χ2n) is 4.30. The summed E-state index contributed by atoms with van der Waals surface area (Å²) in [7, 11) is 1.83. The number of benzene rings is 1. The standard InChI is InChI=1S/C12H14N2O3/c1-14(9-5-13-6-9)12(15)8-2-3-10-11(4-8)17-7-16-10/h2-4,9,13H,5-7H2,1H3. The molecule has 0 spiro atoms. The van der Waals surface area contributed by atoms with E-state index in [1.54, 1.807) is 23.1 Å². The molecule has 1 fully saturated rings. The van der Waals surface area contributed by atoms with E-state index in [0.717, 1.165) is 13.1 Å². The van der Waals surface area contributed by atoms with Crippen LogP contribution in [0.4, 0.5) is 0 Å². The van der Waals surface area contributed by atoms with Gasteiger partial charge in [-0.1, -0.05) is 0 Å². The molecule has 1 N–H and O–H groups in total. The molecule has 5 nitrogen and oxygen atoms in total. The van der Waals surface area contributed by atoms with Crippen molar-refractivity contribution in [2.45, 2.75) is 6.04 Å². The Morgan fingerprint density at radius 3 is 2.82 bits per heavy atom. The maximum Gasteiger partial charge on any atom is 0.254 e. The summed E-state index contributed by atoms with van der Waals surface area (Å²) in [5, 5.41) is 3.15. The highest BCUT2D eigenvalue weighted by molar-refractivity contribution is 5.95. The number of carbonyl (C=O) groups excluding carboxylic acids is 1. The number of rotatable bonds is 2. The van der Waals surface area contributed by atoms with Gasteiger partial charge < -0.3 is 19.7 Å². The quantitative estimate of drug-likeness (QED) is 0.807. The van der Waals surface area contributed by atoms with Crippen LogP contribution >= 0.6 is 0 Å². The van der Waals surface area contributed by atoms with Gasteiger partial charge in [-0.15, -0.1) is 0 Å². The Morgan fingerprint density at radius 1 is 1.35 bits per heavy atom. The molecule has 2 heterocycles. The van der Waals surface area contributed by atoms with Crippen LogP contribution < -0.4 is 14.8 Å². The van der Waals surface area contributed by atoms with E-state index in [1.807, 2.05) is 7.05 Å². The highest BCUT2D eigenvalue weighted by Crippen LogP contribution is 2.32. The van der Waals surface area contributed by atoms with Gasteiger partial charge in [-0.3, -0.25) is 4.79 Å². The Morgan fingerprint density at radius 2 is 2.12 bits per heavy atom. The summed E-state index contributed by atoms with van der Waals surface area (Å²) in [5.41, 5.74) is 0.642. The third-order valence-electron chi connectivity index (χ3n) is 3.25. The molecule has 3 rings (SSSR count). The van der Waals surface area contributed by atoms with E-state index < -0.39 is 0 Å². The summed E-state index contributed by atoms with van der Waals surface area (Å²) in [4.78, 5) is 14.0. The first-order valence-electron chi connectivity index (χ1n) is 5.63. The number of amides is 1. The topological polar surface area (TPSA) is 50.8 Å². The monoisotopic (exact) mass is 234 g/mol. The zero-order valence-electron chi connectivity index (χ0n) is 9.60. The van der Waals surface area contributed by atoms with Crippen LogP contribution in [0.5, 0.6) is 11.5 Å². The van der Waals surface area contributed by atoms with Gasteiger partial charge in [0.05, 0.1) is 6.04 Å². The molecule has 1 saturated heterocycles. The van der Waals surface area contributed by atoms with Crippen LogP contribution in [0.15, 0.2) is 18.2 Å². The average molecular weight is 234 g/mol. The van der Waals surface area contributed by atoms with Gasteiger partial charge in [0.2, 0.25) is 6.79 Å². The van der Waals surface area contributed by atoms with Crippen molar-refractivity contribution in [2.24, 2.45) is 0 Å². The van der Waals surface area contributed by atoms with E-state index in [-0.39, 0.29) is 12.7 Å². The maximum atomic E-state index is 12.2. The summed E-state index contributed by atoms with van der Waals surface area (Å²) >= 11 is 0. The van der Waals surface area contributed by atoms with Crippen molar-refractivity contribution in [2.75, 3.05) is 26.9 Å². The number of ether oxygens (including phenoxy) is 2. The molecule has 0 aliphatic carbocycles. The molecule has 0 radical (unpaired) electrons. The average Bonchev–Trinajstić information content (AvgIpc) is 2.72. The zero-order valence-corrected chi connectivity index (χ0v) is 9.60. The molecule has 1 aromatic carbocycles. The highest BCUT2D eigenvalue weighted by Gasteiger charge is 2.27. The summed E-state index contributed by atoms with van der Waals surface area (Å²) < 4.78 is 10.5. The fourth-order valence-corrected chi connectivity index (χ4v) is 1.95. The normalized spacial score (nSPS) is 17.7. The Hall–Kier alpha value is -1.75. The molecular weight excluding hydrogens is 220 g/mol. The van der Waals surface area contributed by atoms with Crippen molar-refractivity contribution in [3.05, 3.63) is 23.8 Å². The lowest BCUT2D eigenvalue weighted by Crippen LogP contribution is -2.57. The molecular formula is C12H14N2O3. The lowest BCUT2D eigenvalue weighted by molar-refractivity contribution is 0.0681. The summed E-state index contributed by atoms with van der Waals surface area (Å²) in [6, 6.07) is 5.60. The van der Waals surface area contributed by atoms with Gasteiger partial charge in [0.1, 0.15) is 0 Å². The van der Waals surface area contributed by atoms with Gasteiger partial charge in [0.15, 0.2) is 11.5 Å². The van der Waals surface area contributed by atoms with Gasteiger partial charge >= 0.3 is 0 Å². The lowest BCUT2D eigenvalue weighted by atomic mass is 10.1. The number of hydrogen-bond acceptors (Lipinski definition) is 4. The van der Waals surface area contributed by atoms with E-state index in [2.05, 4.69) is 5.32 Å². The minimum Gasteiger partial charge on any atom is -0.454 e. The number of likely N-dealkylation sites (N-methyl/N-ethyl adjacent to an activating group) is 1. The molecule has 90 valence electrons. The van der Waals surface area contributed by atoms with Crippen LogP contribution in [-0.4, -0.2) is 43.8 Å². The van der Waals surface area contributed by atoms with Crippen molar-refractivity contribution in [3.63, 3.8) is 0 Å². The van der Waals surface area contributed by atoms with E-state index in [0.29, 0.717) is 23.1 Å². The molecule has 0 unspecified atom stereocenters. The molecule has 0 atom stereocenters. The van der Waals surface area contributed by atoms with Gasteiger partial charge in [-0.25, -0.2) is 0 Å². The molecule has 1 amide bonds. The number of carbonyl (C=O) groups is 1. The Bertz CT molecular complexity index is 457. The maximum absolute atomic E-state index is 12.2. The first-order chi connectivity index (χ1) is 8.25.